The second kappa shape index (κ2) is 5.62. The third-order valence-electron chi connectivity index (χ3n) is 2.21. The Morgan fingerprint density at radius 2 is 1.79 bits per heavy atom. The van der Waals surface area contributed by atoms with Crippen LogP contribution in [0.15, 0.2) is 0 Å². The number of amides is 1. The lowest BCUT2D eigenvalue weighted by molar-refractivity contribution is -0.147. The normalized spacial score (nSPS) is 12.6. The van der Waals surface area contributed by atoms with Gasteiger partial charge in [0.15, 0.2) is 0 Å². The van der Waals surface area contributed by atoms with Gasteiger partial charge in [0.2, 0.25) is 5.91 Å². The molecule has 0 saturated heterocycles. The maximum Gasteiger partial charge on any atom is 0.323 e. The maximum absolute atomic E-state index is 11.6. The number of aliphatic carboxylic acids is 1. The molecule has 0 bridgehead atoms. The smallest absolute Gasteiger partial charge is 0.323 e. The van der Waals surface area contributed by atoms with Gasteiger partial charge in [-0.15, -0.1) is 0 Å². The molecule has 0 saturated carbocycles. The summed E-state index contributed by atoms with van der Waals surface area (Å²) in [6.07, 6.45) is 0.770. The second-order valence-corrected chi connectivity index (χ2v) is 3.77. The molecular formula is C10H19NO3. The van der Waals surface area contributed by atoms with E-state index in [9.17, 15) is 9.59 Å². The predicted octanol–water partition coefficient (Wildman–Crippen LogP) is 1.35. The molecule has 0 fully saturated rings. The van der Waals surface area contributed by atoms with Crippen LogP contribution in [0, 0.1) is 5.92 Å². The lowest BCUT2D eigenvalue weighted by Gasteiger charge is -2.28. The van der Waals surface area contributed by atoms with Crippen LogP contribution in [0.25, 0.3) is 0 Å². The van der Waals surface area contributed by atoms with E-state index < -0.39 is 5.97 Å². The molecule has 0 aromatic carbocycles. The SMILES string of the molecule is CCC(C)N(CC(=O)O)C(=O)C(C)C. The average molecular weight is 201 g/mol. The monoisotopic (exact) mass is 201 g/mol. The van der Waals surface area contributed by atoms with Crippen LogP contribution in [0.4, 0.5) is 0 Å². The fourth-order valence-corrected chi connectivity index (χ4v) is 1.15. The molecule has 0 aliphatic rings. The van der Waals surface area contributed by atoms with E-state index in [-0.39, 0.29) is 24.4 Å². The van der Waals surface area contributed by atoms with Gasteiger partial charge in [0.1, 0.15) is 6.54 Å². The largest absolute Gasteiger partial charge is 0.480 e. The standard InChI is InChI=1S/C10H19NO3/c1-5-8(4)11(6-9(12)13)10(14)7(2)3/h7-8H,5-6H2,1-4H3,(H,12,13). The molecule has 0 aromatic rings. The lowest BCUT2D eigenvalue weighted by Crippen LogP contribution is -2.43. The third kappa shape index (κ3) is 3.77. The van der Waals surface area contributed by atoms with Crippen molar-refractivity contribution in [3.05, 3.63) is 0 Å². The first kappa shape index (κ1) is 12.9. The van der Waals surface area contributed by atoms with Crippen LogP contribution >= 0.6 is 0 Å². The molecule has 0 aromatic heterocycles. The van der Waals surface area contributed by atoms with E-state index in [1.165, 1.54) is 4.90 Å². The summed E-state index contributed by atoms with van der Waals surface area (Å²) in [5, 5.41) is 8.67. The molecule has 0 heterocycles. The number of carboxylic acids is 1. The predicted molar refractivity (Wildman–Crippen MR) is 53.9 cm³/mol. The van der Waals surface area contributed by atoms with Crippen molar-refractivity contribution in [1.29, 1.82) is 0 Å². The first-order valence-electron chi connectivity index (χ1n) is 4.92. The molecule has 1 atom stereocenters. The van der Waals surface area contributed by atoms with E-state index in [4.69, 9.17) is 5.11 Å². The Bertz CT molecular complexity index is 213. The van der Waals surface area contributed by atoms with Crippen molar-refractivity contribution in [2.75, 3.05) is 6.54 Å². The van der Waals surface area contributed by atoms with Crippen LogP contribution in [-0.2, 0) is 9.59 Å². The fraction of sp³-hybridized carbons (Fsp3) is 0.800. The molecule has 1 amide bonds. The van der Waals surface area contributed by atoms with E-state index in [1.54, 1.807) is 13.8 Å². The minimum absolute atomic E-state index is 0.0130. The van der Waals surface area contributed by atoms with Crippen LogP contribution in [0.1, 0.15) is 34.1 Å². The van der Waals surface area contributed by atoms with Gasteiger partial charge in [-0.1, -0.05) is 20.8 Å². The highest BCUT2D eigenvalue weighted by molar-refractivity contribution is 5.82. The van der Waals surface area contributed by atoms with Gasteiger partial charge in [-0.05, 0) is 13.3 Å². The number of carbonyl (C=O) groups is 2. The molecule has 4 nitrogen and oxygen atoms in total. The van der Waals surface area contributed by atoms with Crippen molar-refractivity contribution in [1.82, 2.24) is 4.90 Å². The Balaban J connectivity index is 4.54. The van der Waals surface area contributed by atoms with Crippen LogP contribution in [0.2, 0.25) is 0 Å². The van der Waals surface area contributed by atoms with Gasteiger partial charge in [0.25, 0.3) is 0 Å². The van der Waals surface area contributed by atoms with Gasteiger partial charge in [-0.2, -0.15) is 0 Å². The molecule has 0 spiro atoms. The summed E-state index contributed by atoms with van der Waals surface area (Å²) in [5.41, 5.74) is 0. The minimum atomic E-state index is -0.959. The number of carbonyl (C=O) groups excluding carboxylic acids is 1. The van der Waals surface area contributed by atoms with E-state index in [1.807, 2.05) is 13.8 Å². The molecule has 0 aliphatic heterocycles. The van der Waals surface area contributed by atoms with Gasteiger partial charge in [-0.25, -0.2) is 0 Å². The van der Waals surface area contributed by atoms with Crippen LogP contribution in [0.5, 0.6) is 0 Å². The molecule has 1 unspecified atom stereocenters. The highest BCUT2D eigenvalue weighted by atomic mass is 16.4. The van der Waals surface area contributed by atoms with Crippen molar-refractivity contribution in [2.45, 2.75) is 40.2 Å². The van der Waals surface area contributed by atoms with Gasteiger partial charge in [0.05, 0.1) is 0 Å². The number of nitrogens with zero attached hydrogens (tertiary/aromatic N) is 1. The zero-order valence-electron chi connectivity index (χ0n) is 9.28. The molecular weight excluding hydrogens is 182 g/mol. The number of hydrogen-bond donors (Lipinski definition) is 1. The van der Waals surface area contributed by atoms with E-state index in [2.05, 4.69) is 0 Å². The molecule has 0 aliphatic carbocycles. The molecule has 0 radical (unpaired) electrons. The lowest BCUT2D eigenvalue weighted by atomic mass is 10.1. The highest BCUT2D eigenvalue weighted by Crippen LogP contribution is 2.08. The van der Waals surface area contributed by atoms with Crippen molar-refractivity contribution in [3.8, 4) is 0 Å². The summed E-state index contributed by atoms with van der Waals surface area (Å²) in [4.78, 5) is 23.6. The Kier molecular flexibility index (Phi) is 5.20. The first-order chi connectivity index (χ1) is 6.40. The summed E-state index contributed by atoms with van der Waals surface area (Å²) >= 11 is 0. The second-order valence-electron chi connectivity index (χ2n) is 3.77. The summed E-state index contributed by atoms with van der Waals surface area (Å²) < 4.78 is 0. The Hall–Kier alpha value is -1.06. The van der Waals surface area contributed by atoms with Crippen LogP contribution in [-0.4, -0.2) is 34.5 Å². The van der Waals surface area contributed by atoms with Crippen molar-refractivity contribution in [2.24, 2.45) is 5.92 Å². The summed E-state index contributed by atoms with van der Waals surface area (Å²) in [6, 6.07) is -0.0130. The quantitative estimate of drug-likeness (QED) is 0.730. The Labute approximate surface area is 84.9 Å². The van der Waals surface area contributed by atoms with E-state index >= 15 is 0 Å². The summed E-state index contributed by atoms with van der Waals surface area (Å²) in [7, 11) is 0. The number of rotatable bonds is 5. The molecule has 4 heteroatoms. The van der Waals surface area contributed by atoms with Gasteiger partial charge in [-0.3, -0.25) is 9.59 Å². The number of hydrogen-bond acceptors (Lipinski definition) is 2. The van der Waals surface area contributed by atoms with Crippen molar-refractivity contribution >= 4 is 11.9 Å². The van der Waals surface area contributed by atoms with E-state index in [0.29, 0.717) is 0 Å². The maximum atomic E-state index is 11.6. The molecule has 14 heavy (non-hydrogen) atoms. The van der Waals surface area contributed by atoms with E-state index in [0.717, 1.165) is 6.42 Å². The molecule has 82 valence electrons. The van der Waals surface area contributed by atoms with Crippen LogP contribution < -0.4 is 0 Å². The Morgan fingerprint density at radius 1 is 1.29 bits per heavy atom. The molecule has 1 N–H and O–H groups in total. The Morgan fingerprint density at radius 3 is 2.07 bits per heavy atom. The topological polar surface area (TPSA) is 57.6 Å². The average Bonchev–Trinajstić information content (AvgIpc) is 2.11. The summed E-state index contributed by atoms with van der Waals surface area (Å²) in [5.74, 6) is -1.20. The fourth-order valence-electron chi connectivity index (χ4n) is 1.15. The van der Waals surface area contributed by atoms with Crippen molar-refractivity contribution < 1.29 is 14.7 Å². The number of carboxylic acid groups (broad SMARTS) is 1. The zero-order valence-corrected chi connectivity index (χ0v) is 9.28. The minimum Gasteiger partial charge on any atom is -0.480 e. The zero-order chi connectivity index (χ0) is 11.3. The third-order valence-corrected chi connectivity index (χ3v) is 2.21. The van der Waals surface area contributed by atoms with Crippen molar-refractivity contribution in [3.63, 3.8) is 0 Å². The van der Waals surface area contributed by atoms with Crippen LogP contribution in [0.3, 0.4) is 0 Å². The molecule has 0 rings (SSSR count). The summed E-state index contributed by atoms with van der Waals surface area (Å²) in [6.45, 7) is 7.15. The van der Waals surface area contributed by atoms with Gasteiger partial charge in [0, 0.05) is 12.0 Å². The van der Waals surface area contributed by atoms with Gasteiger partial charge >= 0.3 is 5.97 Å². The first-order valence-corrected chi connectivity index (χ1v) is 4.92. The van der Waals surface area contributed by atoms with Gasteiger partial charge < -0.3 is 10.0 Å². The highest BCUT2D eigenvalue weighted by Gasteiger charge is 2.23.